The van der Waals surface area contributed by atoms with Gasteiger partial charge in [-0.3, -0.25) is 4.79 Å². The quantitative estimate of drug-likeness (QED) is 0.597. The number of carbonyl (C=O) groups is 2. The first-order valence-corrected chi connectivity index (χ1v) is 6.47. The topological polar surface area (TPSA) is 64.6 Å². The van der Waals surface area contributed by atoms with Gasteiger partial charge in [-0.1, -0.05) is 0 Å². The molecule has 0 aliphatic rings. The molecule has 0 aromatic carbocycles. The SMILES string of the molecule is CC(C)(CC(=O)OCCS)NC(=O)OC(C)(C)C. The van der Waals surface area contributed by atoms with E-state index < -0.39 is 17.2 Å². The van der Waals surface area contributed by atoms with Crippen molar-refractivity contribution in [3.63, 3.8) is 0 Å². The average Bonchev–Trinajstić information content (AvgIpc) is 2.09. The van der Waals surface area contributed by atoms with Crippen molar-refractivity contribution in [2.45, 2.75) is 52.2 Å². The zero-order valence-electron chi connectivity index (χ0n) is 11.7. The van der Waals surface area contributed by atoms with E-state index in [0.29, 0.717) is 5.75 Å². The summed E-state index contributed by atoms with van der Waals surface area (Å²) in [7, 11) is 0. The van der Waals surface area contributed by atoms with E-state index >= 15 is 0 Å². The van der Waals surface area contributed by atoms with Gasteiger partial charge in [0.15, 0.2) is 0 Å². The second kappa shape index (κ2) is 6.87. The van der Waals surface area contributed by atoms with Crippen molar-refractivity contribution in [3.05, 3.63) is 0 Å². The third-order valence-corrected chi connectivity index (χ3v) is 1.96. The summed E-state index contributed by atoms with van der Waals surface area (Å²) < 4.78 is 10.0. The van der Waals surface area contributed by atoms with E-state index in [1.807, 2.05) is 0 Å². The summed E-state index contributed by atoms with van der Waals surface area (Å²) >= 11 is 3.94. The highest BCUT2D eigenvalue weighted by Crippen LogP contribution is 2.12. The summed E-state index contributed by atoms with van der Waals surface area (Å²) in [6, 6.07) is 0. The minimum Gasteiger partial charge on any atom is -0.465 e. The molecule has 0 bridgehead atoms. The molecule has 0 aliphatic heterocycles. The number of thiol groups is 1. The predicted octanol–water partition coefficient (Wildman–Crippen LogP) is 2.15. The molecule has 1 amide bonds. The molecular weight excluding hydrogens is 254 g/mol. The Morgan fingerprint density at radius 3 is 2.17 bits per heavy atom. The van der Waals surface area contributed by atoms with Gasteiger partial charge in [0, 0.05) is 11.3 Å². The van der Waals surface area contributed by atoms with Gasteiger partial charge < -0.3 is 14.8 Å². The molecular formula is C12H23NO4S. The summed E-state index contributed by atoms with van der Waals surface area (Å²) in [6.45, 7) is 9.07. The van der Waals surface area contributed by atoms with Crippen LogP contribution in [0, 0.1) is 0 Å². The number of rotatable bonds is 5. The number of ether oxygens (including phenoxy) is 2. The van der Waals surface area contributed by atoms with Crippen molar-refractivity contribution >= 4 is 24.7 Å². The Hall–Kier alpha value is -0.910. The maximum Gasteiger partial charge on any atom is 0.408 e. The molecule has 5 nitrogen and oxygen atoms in total. The molecule has 0 unspecified atom stereocenters. The van der Waals surface area contributed by atoms with Crippen molar-refractivity contribution in [3.8, 4) is 0 Å². The lowest BCUT2D eigenvalue weighted by molar-refractivity contribution is -0.144. The van der Waals surface area contributed by atoms with Crippen LogP contribution in [0.5, 0.6) is 0 Å². The zero-order valence-corrected chi connectivity index (χ0v) is 12.6. The van der Waals surface area contributed by atoms with E-state index in [4.69, 9.17) is 9.47 Å². The molecule has 0 saturated carbocycles. The van der Waals surface area contributed by atoms with Crippen LogP contribution in [-0.2, 0) is 14.3 Å². The van der Waals surface area contributed by atoms with E-state index in [0.717, 1.165) is 0 Å². The minimum atomic E-state index is -0.712. The molecule has 0 radical (unpaired) electrons. The van der Waals surface area contributed by atoms with E-state index in [2.05, 4.69) is 17.9 Å². The smallest absolute Gasteiger partial charge is 0.408 e. The van der Waals surface area contributed by atoms with Crippen LogP contribution in [0.3, 0.4) is 0 Å². The van der Waals surface area contributed by atoms with Crippen LogP contribution in [0.15, 0.2) is 0 Å². The van der Waals surface area contributed by atoms with Crippen LogP contribution in [0.1, 0.15) is 41.0 Å². The highest BCUT2D eigenvalue weighted by molar-refractivity contribution is 7.80. The highest BCUT2D eigenvalue weighted by Gasteiger charge is 2.27. The number of esters is 1. The lowest BCUT2D eigenvalue weighted by Gasteiger charge is -2.27. The highest BCUT2D eigenvalue weighted by atomic mass is 32.1. The molecule has 0 heterocycles. The predicted molar refractivity (Wildman–Crippen MR) is 72.9 cm³/mol. The molecule has 0 atom stereocenters. The molecule has 0 aliphatic carbocycles. The second-order valence-electron chi connectivity index (χ2n) is 5.63. The largest absolute Gasteiger partial charge is 0.465 e. The van der Waals surface area contributed by atoms with Crippen molar-refractivity contribution in [1.82, 2.24) is 5.32 Å². The van der Waals surface area contributed by atoms with Crippen molar-refractivity contribution in [2.24, 2.45) is 0 Å². The van der Waals surface area contributed by atoms with Gasteiger partial charge in [-0.05, 0) is 34.6 Å². The first kappa shape index (κ1) is 17.1. The van der Waals surface area contributed by atoms with Crippen LogP contribution >= 0.6 is 12.6 Å². The lowest BCUT2D eigenvalue weighted by Crippen LogP contribution is -2.47. The van der Waals surface area contributed by atoms with Gasteiger partial charge >= 0.3 is 12.1 Å². The average molecular weight is 277 g/mol. The molecule has 0 spiro atoms. The van der Waals surface area contributed by atoms with Crippen LogP contribution < -0.4 is 5.32 Å². The molecule has 0 rings (SSSR count). The van der Waals surface area contributed by atoms with E-state index in [9.17, 15) is 9.59 Å². The molecule has 0 saturated heterocycles. The van der Waals surface area contributed by atoms with Gasteiger partial charge in [0.2, 0.25) is 0 Å². The number of amides is 1. The maximum atomic E-state index is 11.6. The summed E-state index contributed by atoms with van der Waals surface area (Å²) in [5.41, 5.74) is -1.28. The fourth-order valence-corrected chi connectivity index (χ4v) is 1.29. The Bertz CT molecular complexity index is 297. The first-order valence-electron chi connectivity index (χ1n) is 5.83. The van der Waals surface area contributed by atoms with Crippen LogP contribution in [0.4, 0.5) is 4.79 Å². The number of hydrogen-bond donors (Lipinski definition) is 2. The van der Waals surface area contributed by atoms with Crippen molar-refractivity contribution in [2.75, 3.05) is 12.4 Å². The Kier molecular flexibility index (Phi) is 6.52. The van der Waals surface area contributed by atoms with Gasteiger partial charge in [0.25, 0.3) is 0 Å². The zero-order chi connectivity index (χ0) is 14.4. The number of carbonyl (C=O) groups excluding carboxylic acids is 2. The lowest BCUT2D eigenvalue weighted by atomic mass is 10.0. The molecule has 0 aromatic heterocycles. The number of alkyl carbamates (subject to hydrolysis) is 1. The Labute approximate surface area is 114 Å². The van der Waals surface area contributed by atoms with Gasteiger partial charge in [-0.15, -0.1) is 0 Å². The number of hydrogen-bond acceptors (Lipinski definition) is 5. The molecule has 0 fully saturated rings. The summed E-state index contributed by atoms with van der Waals surface area (Å²) in [5, 5.41) is 2.64. The van der Waals surface area contributed by atoms with Gasteiger partial charge in [0.1, 0.15) is 12.2 Å². The normalized spacial score (nSPS) is 11.9. The summed E-state index contributed by atoms with van der Waals surface area (Å²) in [5.74, 6) is 0.108. The van der Waals surface area contributed by atoms with Gasteiger partial charge in [0.05, 0.1) is 6.42 Å². The standard InChI is InChI=1S/C12H23NO4S/c1-11(2,3)17-10(15)13-12(4,5)8-9(14)16-6-7-18/h18H,6-8H2,1-5H3,(H,13,15). The fourth-order valence-electron chi connectivity index (χ4n) is 1.20. The van der Waals surface area contributed by atoms with E-state index in [1.165, 1.54) is 0 Å². The van der Waals surface area contributed by atoms with Gasteiger partial charge in [-0.25, -0.2) is 4.79 Å². The second-order valence-corrected chi connectivity index (χ2v) is 6.08. The van der Waals surface area contributed by atoms with Crippen LogP contribution in [0.25, 0.3) is 0 Å². The maximum absolute atomic E-state index is 11.6. The summed E-state index contributed by atoms with van der Waals surface area (Å²) in [4.78, 5) is 23.0. The van der Waals surface area contributed by atoms with Gasteiger partial charge in [-0.2, -0.15) is 12.6 Å². The van der Waals surface area contributed by atoms with E-state index in [-0.39, 0.29) is 19.0 Å². The van der Waals surface area contributed by atoms with Crippen LogP contribution in [-0.4, -0.2) is 35.6 Å². The van der Waals surface area contributed by atoms with Crippen molar-refractivity contribution in [1.29, 1.82) is 0 Å². The summed E-state index contributed by atoms with van der Waals surface area (Å²) in [6.07, 6.45) is -0.463. The van der Waals surface area contributed by atoms with Crippen molar-refractivity contribution < 1.29 is 19.1 Å². The molecule has 6 heteroatoms. The third kappa shape index (κ3) is 9.15. The minimum absolute atomic E-state index is 0.0834. The Morgan fingerprint density at radius 1 is 1.17 bits per heavy atom. The Balaban J connectivity index is 4.21. The molecule has 106 valence electrons. The molecule has 1 N–H and O–H groups in total. The van der Waals surface area contributed by atoms with E-state index in [1.54, 1.807) is 34.6 Å². The third-order valence-electron chi connectivity index (χ3n) is 1.78. The monoisotopic (exact) mass is 277 g/mol. The Morgan fingerprint density at radius 2 is 1.72 bits per heavy atom. The first-order chi connectivity index (χ1) is 8.06. The fraction of sp³-hybridized carbons (Fsp3) is 0.833. The number of nitrogens with one attached hydrogen (secondary N) is 1. The van der Waals surface area contributed by atoms with Crippen LogP contribution in [0.2, 0.25) is 0 Å². The molecule has 0 aromatic rings. The molecule has 18 heavy (non-hydrogen) atoms.